The normalized spacial score (nSPS) is 12.2. The summed E-state index contributed by atoms with van der Waals surface area (Å²) in [5.41, 5.74) is 14.9. The predicted molar refractivity (Wildman–Crippen MR) is 222 cm³/mol. The highest BCUT2D eigenvalue weighted by Gasteiger charge is 2.25. The molecule has 0 saturated heterocycles. The minimum atomic E-state index is 0.915. The van der Waals surface area contributed by atoms with Crippen LogP contribution >= 0.6 is 11.3 Å². The summed E-state index contributed by atoms with van der Waals surface area (Å²) in [4.78, 5) is 2.47. The van der Waals surface area contributed by atoms with Crippen molar-refractivity contribution in [2.45, 2.75) is 6.42 Å². The maximum Gasteiger partial charge on any atom is 0.0561 e. The molecule has 1 aliphatic carbocycles. The number of hydrogen-bond acceptors (Lipinski definition) is 2. The molecule has 0 bridgehead atoms. The van der Waals surface area contributed by atoms with E-state index in [9.17, 15) is 0 Å². The fraction of sp³-hybridized carbons (Fsp3) is 0.0204. The molecule has 244 valence electrons. The van der Waals surface area contributed by atoms with E-state index in [0.717, 1.165) is 23.5 Å². The van der Waals surface area contributed by atoms with Crippen LogP contribution in [-0.2, 0) is 6.42 Å². The minimum absolute atomic E-state index is 0.915. The van der Waals surface area contributed by atoms with E-state index in [0.29, 0.717) is 0 Å². The van der Waals surface area contributed by atoms with E-state index < -0.39 is 0 Å². The minimum Gasteiger partial charge on any atom is -0.310 e. The molecule has 8 aromatic carbocycles. The van der Waals surface area contributed by atoms with Crippen LogP contribution in [0.2, 0.25) is 0 Å². The Kier molecular flexibility index (Phi) is 6.52. The van der Waals surface area contributed by atoms with E-state index >= 15 is 0 Å². The summed E-state index contributed by atoms with van der Waals surface area (Å²) in [6.07, 6.45) is 0.915. The van der Waals surface area contributed by atoms with Crippen molar-refractivity contribution in [1.29, 1.82) is 0 Å². The Hall–Kier alpha value is -6.42. The lowest BCUT2D eigenvalue weighted by atomic mass is 10.0. The molecule has 0 atom stereocenters. The zero-order valence-electron chi connectivity index (χ0n) is 28.3. The molecule has 11 rings (SSSR count). The number of anilines is 3. The Bertz CT molecular complexity index is 2990. The molecule has 1 aliphatic rings. The van der Waals surface area contributed by atoms with Crippen molar-refractivity contribution >= 4 is 70.4 Å². The van der Waals surface area contributed by atoms with Gasteiger partial charge in [-0.15, -0.1) is 11.3 Å². The summed E-state index contributed by atoms with van der Waals surface area (Å²) in [5, 5.41) is 5.17. The molecule has 3 heteroatoms. The van der Waals surface area contributed by atoms with Crippen molar-refractivity contribution in [1.82, 2.24) is 4.57 Å². The Morgan fingerprint density at radius 2 is 1.12 bits per heavy atom. The predicted octanol–water partition coefficient (Wildman–Crippen LogP) is 13.9. The molecule has 0 unspecified atom stereocenters. The van der Waals surface area contributed by atoms with Gasteiger partial charge in [0.1, 0.15) is 0 Å². The topological polar surface area (TPSA) is 8.17 Å². The lowest BCUT2D eigenvalue weighted by molar-refractivity contribution is 1.17. The summed E-state index contributed by atoms with van der Waals surface area (Å²) in [7, 11) is 0. The fourth-order valence-corrected chi connectivity index (χ4v) is 9.58. The first-order valence-corrected chi connectivity index (χ1v) is 18.7. The third kappa shape index (κ3) is 4.50. The van der Waals surface area contributed by atoms with Gasteiger partial charge in [-0.3, -0.25) is 0 Å². The van der Waals surface area contributed by atoms with Gasteiger partial charge in [0.2, 0.25) is 0 Å². The molecule has 0 aliphatic heterocycles. The molecular formula is C49H32N2S. The third-order valence-electron chi connectivity index (χ3n) is 10.8. The molecule has 0 spiro atoms. The van der Waals surface area contributed by atoms with Crippen LogP contribution in [0.15, 0.2) is 182 Å². The first kappa shape index (κ1) is 29.3. The van der Waals surface area contributed by atoms with E-state index in [1.54, 1.807) is 0 Å². The Morgan fingerprint density at radius 1 is 0.442 bits per heavy atom. The van der Waals surface area contributed by atoms with Crippen molar-refractivity contribution < 1.29 is 0 Å². The summed E-state index contributed by atoms with van der Waals surface area (Å²) < 4.78 is 5.07. The number of thiophene rings is 1. The smallest absolute Gasteiger partial charge is 0.0561 e. The zero-order valence-corrected chi connectivity index (χ0v) is 29.1. The van der Waals surface area contributed by atoms with Crippen LogP contribution in [0.25, 0.3) is 69.9 Å². The van der Waals surface area contributed by atoms with Gasteiger partial charge in [0, 0.05) is 54.4 Å². The quantitative estimate of drug-likeness (QED) is 0.176. The van der Waals surface area contributed by atoms with E-state index in [1.807, 2.05) is 11.3 Å². The van der Waals surface area contributed by atoms with E-state index in [-0.39, 0.29) is 0 Å². The molecule has 2 heterocycles. The van der Waals surface area contributed by atoms with Crippen LogP contribution in [0.3, 0.4) is 0 Å². The lowest BCUT2D eigenvalue weighted by Gasteiger charge is -2.28. The maximum absolute atomic E-state index is 2.47. The molecule has 2 nitrogen and oxygen atoms in total. The number of para-hydroxylation sites is 2. The van der Waals surface area contributed by atoms with Crippen LogP contribution in [0, 0.1) is 0 Å². The highest BCUT2D eigenvalue weighted by molar-refractivity contribution is 7.25. The summed E-state index contributed by atoms with van der Waals surface area (Å²) in [5.74, 6) is 0. The second-order valence-electron chi connectivity index (χ2n) is 13.7. The molecular weight excluding hydrogens is 649 g/mol. The van der Waals surface area contributed by atoms with Crippen molar-refractivity contribution in [2.75, 3.05) is 4.90 Å². The highest BCUT2D eigenvalue weighted by Crippen LogP contribution is 2.47. The molecule has 0 amide bonds. The van der Waals surface area contributed by atoms with Gasteiger partial charge in [0.05, 0.1) is 16.7 Å². The first-order valence-electron chi connectivity index (χ1n) is 17.9. The maximum atomic E-state index is 2.47. The van der Waals surface area contributed by atoms with Crippen molar-refractivity contribution in [3.8, 4) is 27.9 Å². The molecule has 0 N–H and O–H groups in total. The van der Waals surface area contributed by atoms with E-state index in [4.69, 9.17) is 0 Å². The average Bonchev–Trinajstić information content (AvgIpc) is 3.88. The lowest BCUT2D eigenvalue weighted by Crippen LogP contribution is -2.12. The van der Waals surface area contributed by atoms with Gasteiger partial charge in [-0.25, -0.2) is 0 Å². The Balaban J connectivity index is 1.09. The van der Waals surface area contributed by atoms with Crippen LogP contribution in [0.4, 0.5) is 17.1 Å². The van der Waals surface area contributed by atoms with E-state index in [1.165, 1.54) is 81.0 Å². The highest BCUT2D eigenvalue weighted by atomic mass is 32.1. The molecule has 0 saturated carbocycles. The number of nitrogens with zero attached hydrogens (tertiary/aromatic N) is 2. The van der Waals surface area contributed by atoms with Gasteiger partial charge in [0.15, 0.2) is 0 Å². The molecule has 0 fully saturated rings. The number of aromatic nitrogens is 1. The Labute approximate surface area is 306 Å². The van der Waals surface area contributed by atoms with Gasteiger partial charge < -0.3 is 9.47 Å². The average molecular weight is 681 g/mol. The van der Waals surface area contributed by atoms with Gasteiger partial charge in [0.25, 0.3) is 0 Å². The second-order valence-corrected chi connectivity index (χ2v) is 14.8. The van der Waals surface area contributed by atoms with Gasteiger partial charge in [-0.2, -0.15) is 0 Å². The van der Waals surface area contributed by atoms with Gasteiger partial charge in [-0.05, 0) is 94.0 Å². The number of benzene rings is 8. The molecule has 0 radical (unpaired) electrons. The third-order valence-corrected chi connectivity index (χ3v) is 12.0. The number of fused-ring (bicyclic) bond motifs is 9. The number of hydrogen-bond donors (Lipinski definition) is 0. The summed E-state index contributed by atoms with van der Waals surface area (Å²) >= 11 is 1.87. The van der Waals surface area contributed by atoms with Gasteiger partial charge in [-0.1, -0.05) is 121 Å². The Morgan fingerprint density at radius 3 is 2.02 bits per heavy atom. The largest absolute Gasteiger partial charge is 0.310 e. The van der Waals surface area contributed by atoms with E-state index in [2.05, 4.69) is 191 Å². The number of rotatable bonds is 5. The molecule has 52 heavy (non-hydrogen) atoms. The van der Waals surface area contributed by atoms with Crippen LogP contribution in [0.1, 0.15) is 11.1 Å². The van der Waals surface area contributed by atoms with Crippen molar-refractivity contribution in [3.63, 3.8) is 0 Å². The first-order chi connectivity index (χ1) is 25.8. The van der Waals surface area contributed by atoms with Crippen molar-refractivity contribution in [2.24, 2.45) is 0 Å². The van der Waals surface area contributed by atoms with Crippen LogP contribution < -0.4 is 4.90 Å². The fourth-order valence-electron chi connectivity index (χ4n) is 8.44. The standard InChI is InChI=1S/C49H32N2S/c1-2-12-35(13-3-1)51-45-18-8-6-15-40(45)41-28-26-37(31-47(41)51)50(46-19-10-17-39-38-14-5-4-11-34(38)29-44(39)46)36-24-21-32(22-25-36)33-23-27-43-42-16-7-9-20-48(42)52-49(43)30-33/h1-28,30-31H,29H2. The second kappa shape index (κ2) is 11.6. The van der Waals surface area contributed by atoms with Crippen molar-refractivity contribution in [3.05, 3.63) is 193 Å². The SMILES string of the molecule is c1ccc(-n2c3ccccc3c3ccc(N(c4ccc(-c5ccc6c(c5)sc5ccccc56)cc4)c4cccc5c4Cc4ccccc4-5)cc32)cc1. The zero-order chi connectivity index (χ0) is 34.2. The van der Waals surface area contributed by atoms with Crippen LogP contribution in [0.5, 0.6) is 0 Å². The monoisotopic (exact) mass is 680 g/mol. The molecule has 10 aromatic rings. The van der Waals surface area contributed by atoms with Crippen LogP contribution in [-0.4, -0.2) is 4.57 Å². The summed E-state index contributed by atoms with van der Waals surface area (Å²) in [6.45, 7) is 0. The van der Waals surface area contributed by atoms with Gasteiger partial charge >= 0.3 is 0 Å². The molecule has 2 aromatic heterocycles. The summed E-state index contributed by atoms with van der Waals surface area (Å²) in [6, 6.07) is 66.9.